The summed E-state index contributed by atoms with van der Waals surface area (Å²) in [6.07, 6.45) is 0. The number of hydrogen-bond donors (Lipinski definition) is 1. The molecule has 2 heterocycles. The third-order valence-electron chi connectivity index (χ3n) is 3.91. The van der Waals surface area contributed by atoms with Gasteiger partial charge in [0.05, 0.1) is 17.2 Å². The third-order valence-corrected chi connectivity index (χ3v) is 4.83. The van der Waals surface area contributed by atoms with Gasteiger partial charge in [0.1, 0.15) is 0 Å². The molecular formula is C18H16N6O3S. The number of thioether (sulfide) groups is 1. The van der Waals surface area contributed by atoms with Gasteiger partial charge in [-0.15, -0.1) is 5.10 Å². The minimum Gasteiger partial charge on any atom is -0.454 e. The van der Waals surface area contributed by atoms with Crippen molar-refractivity contribution in [2.75, 3.05) is 12.5 Å². The number of aromatic nitrogens is 4. The van der Waals surface area contributed by atoms with Gasteiger partial charge in [-0.25, -0.2) is 5.43 Å². The average Bonchev–Trinajstić information content (AvgIpc) is 3.39. The number of hydrazone groups is 1. The molecule has 0 spiro atoms. The number of fused-ring (bicyclic) bond motifs is 1. The molecule has 0 fully saturated rings. The quantitative estimate of drug-likeness (QED) is 0.386. The number of rotatable bonds is 6. The standard InChI is InChI=1S/C18H16N6O3S/c1-12(13-7-8-15-16(9-13)27-11-26-15)19-20-17(25)10-28-18-21-22-23-24(18)14-5-3-2-4-6-14/h2-9H,10-11H2,1H3,(H,20,25)/b19-12+. The molecule has 0 unspecified atom stereocenters. The molecule has 3 aromatic rings. The molecule has 4 rings (SSSR count). The highest BCUT2D eigenvalue weighted by Crippen LogP contribution is 2.32. The van der Waals surface area contributed by atoms with Crippen molar-refractivity contribution in [3.8, 4) is 17.2 Å². The predicted octanol–water partition coefficient (Wildman–Crippen LogP) is 2.02. The van der Waals surface area contributed by atoms with Crippen LogP contribution in [0, 0.1) is 0 Å². The molecule has 28 heavy (non-hydrogen) atoms. The van der Waals surface area contributed by atoms with Gasteiger partial charge in [-0.05, 0) is 47.7 Å². The Morgan fingerprint density at radius 2 is 2.04 bits per heavy atom. The molecule has 142 valence electrons. The van der Waals surface area contributed by atoms with E-state index in [2.05, 4.69) is 26.1 Å². The second-order valence-electron chi connectivity index (χ2n) is 5.80. The summed E-state index contributed by atoms with van der Waals surface area (Å²) >= 11 is 1.23. The zero-order valence-electron chi connectivity index (χ0n) is 14.9. The van der Waals surface area contributed by atoms with E-state index >= 15 is 0 Å². The Kier molecular flexibility index (Phi) is 5.20. The number of carbonyl (C=O) groups is 1. The van der Waals surface area contributed by atoms with Gasteiger partial charge in [0.15, 0.2) is 11.5 Å². The van der Waals surface area contributed by atoms with Gasteiger partial charge in [-0.1, -0.05) is 30.0 Å². The number of ether oxygens (including phenoxy) is 2. The number of para-hydroxylation sites is 1. The molecule has 0 saturated heterocycles. The van der Waals surface area contributed by atoms with Gasteiger partial charge >= 0.3 is 0 Å². The lowest BCUT2D eigenvalue weighted by Gasteiger charge is -2.05. The monoisotopic (exact) mass is 396 g/mol. The summed E-state index contributed by atoms with van der Waals surface area (Å²) in [7, 11) is 0. The third kappa shape index (κ3) is 3.96. The zero-order valence-corrected chi connectivity index (χ0v) is 15.7. The van der Waals surface area contributed by atoms with E-state index in [1.54, 1.807) is 11.6 Å². The first-order valence-electron chi connectivity index (χ1n) is 8.40. The van der Waals surface area contributed by atoms with Crippen LogP contribution in [0.1, 0.15) is 12.5 Å². The number of hydrogen-bond acceptors (Lipinski definition) is 8. The normalized spacial score (nSPS) is 12.8. The van der Waals surface area contributed by atoms with Gasteiger partial charge < -0.3 is 9.47 Å². The van der Waals surface area contributed by atoms with E-state index in [-0.39, 0.29) is 18.5 Å². The van der Waals surface area contributed by atoms with Crippen LogP contribution in [0.25, 0.3) is 5.69 Å². The van der Waals surface area contributed by atoms with Gasteiger partial charge in [0.2, 0.25) is 11.9 Å². The Morgan fingerprint density at radius 3 is 2.89 bits per heavy atom. The topological polar surface area (TPSA) is 104 Å². The fourth-order valence-electron chi connectivity index (χ4n) is 2.49. The molecule has 0 radical (unpaired) electrons. The predicted molar refractivity (Wildman–Crippen MR) is 103 cm³/mol. The summed E-state index contributed by atoms with van der Waals surface area (Å²) in [4.78, 5) is 12.1. The van der Waals surface area contributed by atoms with E-state index in [9.17, 15) is 4.79 Å². The molecule has 0 bridgehead atoms. The Hall–Kier alpha value is -3.40. The van der Waals surface area contributed by atoms with Gasteiger partial charge in [0, 0.05) is 5.56 Å². The first-order valence-corrected chi connectivity index (χ1v) is 9.39. The van der Waals surface area contributed by atoms with Crippen molar-refractivity contribution in [2.24, 2.45) is 5.10 Å². The zero-order chi connectivity index (χ0) is 19.3. The fraction of sp³-hybridized carbons (Fsp3) is 0.167. The lowest BCUT2D eigenvalue weighted by Crippen LogP contribution is -2.21. The lowest BCUT2D eigenvalue weighted by molar-refractivity contribution is -0.118. The van der Waals surface area contributed by atoms with Crippen molar-refractivity contribution >= 4 is 23.4 Å². The van der Waals surface area contributed by atoms with E-state index < -0.39 is 0 Å². The molecule has 1 aliphatic rings. The smallest absolute Gasteiger partial charge is 0.250 e. The maximum atomic E-state index is 12.1. The van der Waals surface area contributed by atoms with E-state index in [1.165, 1.54) is 11.8 Å². The van der Waals surface area contributed by atoms with E-state index in [0.717, 1.165) is 11.3 Å². The van der Waals surface area contributed by atoms with Crippen molar-refractivity contribution in [3.05, 3.63) is 54.1 Å². The van der Waals surface area contributed by atoms with Crippen LogP contribution in [0.3, 0.4) is 0 Å². The summed E-state index contributed by atoms with van der Waals surface area (Å²) < 4.78 is 12.2. The van der Waals surface area contributed by atoms with Crippen molar-refractivity contribution < 1.29 is 14.3 Å². The fourth-order valence-corrected chi connectivity index (χ4v) is 3.18. The molecule has 1 aliphatic heterocycles. The molecule has 9 nitrogen and oxygen atoms in total. The van der Waals surface area contributed by atoms with Crippen molar-refractivity contribution in [2.45, 2.75) is 12.1 Å². The number of tetrazole rings is 1. The SMILES string of the molecule is C/C(=N\NC(=O)CSc1nnnn1-c1ccccc1)c1ccc2c(c1)OCO2. The maximum Gasteiger partial charge on any atom is 0.250 e. The minimum atomic E-state index is -0.257. The van der Waals surface area contributed by atoms with Crippen LogP contribution < -0.4 is 14.9 Å². The highest BCUT2D eigenvalue weighted by atomic mass is 32.2. The van der Waals surface area contributed by atoms with Crippen molar-refractivity contribution in [1.29, 1.82) is 0 Å². The molecule has 1 aromatic heterocycles. The summed E-state index contributed by atoms with van der Waals surface area (Å²) in [5.41, 5.74) is 4.87. The van der Waals surface area contributed by atoms with Crippen molar-refractivity contribution in [1.82, 2.24) is 25.6 Å². The van der Waals surface area contributed by atoms with E-state index in [4.69, 9.17) is 9.47 Å². The number of amides is 1. The van der Waals surface area contributed by atoms with E-state index in [0.29, 0.717) is 22.4 Å². The largest absolute Gasteiger partial charge is 0.454 e. The lowest BCUT2D eigenvalue weighted by atomic mass is 10.1. The summed E-state index contributed by atoms with van der Waals surface area (Å²) in [6, 6.07) is 15.0. The Morgan fingerprint density at radius 1 is 1.21 bits per heavy atom. The molecule has 2 aromatic carbocycles. The molecule has 0 aliphatic carbocycles. The summed E-state index contributed by atoms with van der Waals surface area (Å²) in [6.45, 7) is 2.02. The molecule has 1 N–H and O–H groups in total. The molecule has 1 amide bonds. The first kappa shape index (κ1) is 18.0. The number of nitrogens with one attached hydrogen (secondary N) is 1. The van der Waals surface area contributed by atoms with Crippen LogP contribution in [0.5, 0.6) is 11.5 Å². The van der Waals surface area contributed by atoms with Crippen molar-refractivity contribution in [3.63, 3.8) is 0 Å². The summed E-state index contributed by atoms with van der Waals surface area (Å²) in [5, 5.41) is 16.3. The van der Waals surface area contributed by atoms with Crippen LogP contribution in [-0.2, 0) is 4.79 Å². The highest BCUT2D eigenvalue weighted by molar-refractivity contribution is 7.99. The molecular weight excluding hydrogens is 380 g/mol. The Labute approximate surface area is 164 Å². The van der Waals surface area contributed by atoms with Gasteiger partial charge in [-0.2, -0.15) is 9.78 Å². The Balaban J connectivity index is 1.35. The van der Waals surface area contributed by atoms with E-state index in [1.807, 2.05) is 48.5 Å². The molecule has 0 saturated carbocycles. The van der Waals surface area contributed by atoms with Crippen LogP contribution in [0.15, 0.2) is 58.8 Å². The number of nitrogens with zero attached hydrogens (tertiary/aromatic N) is 5. The van der Waals surface area contributed by atoms with Gasteiger partial charge in [-0.3, -0.25) is 4.79 Å². The maximum absolute atomic E-state index is 12.1. The first-order chi connectivity index (χ1) is 13.7. The Bertz CT molecular complexity index is 1020. The van der Waals surface area contributed by atoms with Crippen LogP contribution >= 0.6 is 11.8 Å². The van der Waals surface area contributed by atoms with Crippen LogP contribution in [-0.4, -0.2) is 44.4 Å². The molecule has 10 heteroatoms. The van der Waals surface area contributed by atoms with Gasteiger partial charge in [0.25, 0.3) is 5.91 Å². The average molecular weight is 396 g/mol. The minimum absolute atomic E-state index is 0.130. The number of carbonyl (C=O) groups excluding carboxylic acids is 1. The summed E-state index contributed by atoms with van der Waals surface area (Å²) in [5.74, 6) is 1.24. The second-order valence-corrected chi connectivity index (χ2v) is 6.74. The molecule has 0 atom stereocenters. The second kappa shape index (κ2) is 8.09. The van der Waals surface area contributed by atoms with Crippen LogP contribution in [0.2, 0.25) is 0 Å². The van der Waals surface area contributed by atoms with Crippen LogP contribution in [0.4, 0.5) is 0 Å². The highest BCUT2D eigenvalue weighted by Gasteiger charge is 2.14. The number of benzene rings is 2.